The van der Waals surface area contributed by atoms with Gasteiger partial charge in [0, 0.05) is 19.3 Å². The molecular formula is C14H20O2S. The summed E-state index contributed by atoms with van der Waals surface area (Å²) >= 11 is 1.51. The normalized spacial score (nSPS) is 10.4. The van der Waals surface area contributed by atoms with Gasteiger partial charge in [0.15, 0.2) is 5.78 Å². The fourth-order valence-corrected chi connectivity index (χ4v) is 2.39. The number of hydrogen-bond donors (Lipinski definition) is 0. The molecule has 3 heteroatoms. The van der Waals surface area contributed by atoms with E-state index >= 15 is 0 Å². The highest BCUT2D eigenvalue weighted by Crippen LogP contribution is 2.14. The van der Waals surface area contributed by atoms with Crippen molar-refractivity contribution in [1.29, 1.82) is 0 Å². The van der Waals surface area contributed by atoms with Crippen LogP contribution in [0.5, 0.6) is 0 Å². The van der Waals surface area contributed by atoms with Gasteiger partial charge in [-0.1, -0.05) is 25.8 Å². The van der Waals surface area contributed by atoms with Gasteiger partial charge in [-0.05, 0) is 24.3 Å². The SMILES string of the molecule is CCC(=O)CCCCCCC(=O)c1cccs1. The second kappa shape index (κ2) is 8.18. The second-order valence-corrected chi connectivity index (χ2v) is 5.15. The Hall–Kier alpha value is -0.960. The van der Waals surface area contributed by atoms with Crippen LogP contribution in [-0.2, 0) is 4.79 Å². The van der Waals surface area contributed by atoms with E-state index in [1.54, 1.807) is 0 Å². The van der Waals surface area contributed by atoms with Crippen LogP contribution in [-0.4, -0.2) is 11.6 Å². The number of thiophene rings is 1. The third kappa shape index (κ3) is 5.78. The molecule has 0 aliphatic heterocycles. The molecule has 2 nitrogen and oxygen atoms in total. The van der Waals surface area contributed by atoms with E-state index in [4.69, 9.17) is 0 Å². The third-order valence-corrected chi connectivity index (χ3v) is 3.71. The summed E-state index contributed by atoms with van der Waals surface area (Å²) in [5.74, 6) is 0.601. The maximum atomic E-state index is 11.6. The van der Waals surface area contributed by atoms with Gasteiger partial charge < -0.3 is 0 Å². The van der Waals surface area contributed by atoms with Crippen LogP contribution in [0.4, 0.5) is 0 Å². The molecule has 0 aromatic carbocycles. The third-order valence-electron chi connectivity index (χ3n) is 2.80. The number of carbonyl (C=O) groups excluding carboxylic acids is 2. The van der Waals surface area contributed by atoms with Gasteiger partial charge in [0.25, 0.3) is 0 Å². The molecule has 0 saturated carbocycles. The predicted molar refractivity (Wildman–Crippen MR) is 71.6 cm³/mol. The summed E-state index contributed by atoms with van der Waals surface area (Å²) in [6, 6.07) is 3.79. The summed E-state index contributed by atoms with van der Waals surface area (Å²) in [5, 5.41) is 1.93. The van der Waals surface area contributed by atoms with Gasteiger partial charge in [0.1, 0.15) is 5.78 Å². The number of carbonyl (C=O) groups is 2. The van der Waals surface area contributed by atoms with E-state index in [-0.39, 0.29) is 5.78 Å². The van der Waals surface area contributed by atoms with E-state index in [9.17, 15) is 9.59 Å². The molecule has 17 heavy (non-hydrogen) atoms. The highest BCUT2D eigenvalue weighted by atomic mass is 32.1. The largest absolute Gasteiger partial charge is 0.300 e. The molecule has 0 radical (unpaired) electrons. The first-order chi connectivity index (χ1) is 8.24. The zero-order valence-corrected chi connectivity index (χ0v) is 11.2. The lowest BCUT2D eigenvalue weighted by atomic mass is 10.1. The Balaban J connectivity index is 2.01. The Morgan fingerprint density at radius 3 is 2.41 bits per heavy atom. The molecule has 0 atom stereocenters. The summed E-state index contributed by atoms with van der Waals surface area (Å²) in [7, 11) is 0. The van der Waals surface area contributed by atoms with Crippen molar-refractivity contribution < 1.29 is 9.59 Å². The summed E-state index contributed by atoms with van der Waals surface area (Å²) in [6.45, 7) is 1.90. The quantitative estimate of drug-likeness (QED) is 0.486. The number of rotatable bonds is 9. The van der Waals surface area contributed by atoms with Crippen LogP contribution in [0.3, 0.4) is 0 Å². The molecule has 0 fully saturated rings. The fraction of sp³-hybridized carbons (Fsp3) is 0.571. The van der Waals surface area contributed by atoms with Gasteiger partial charge >= 0.3 is 0 Å². The van der Waals surface area contributed by atoms with E-state index in [0.29, 0.717) is 25.0 Å². The summed E-state index contributed by atoms with van der Waals surface area (Å²) < 4.78 is 0. The Bertz CT molecular complexity index is 341. The number of ketones is 2. The minimum absolute atomic E-state index is 0.254. The minimum Gasteiger partial charge on any atom is -0.300 e. The van der Waals surface area contributed by atoms with Crippen molar-refractivity contribution in [2.75, 3.05) is 0 Å². The van der Waals surface area contributed by atoms with E-state index in [0.717, 1.165) is 30.6 Å². The number of hydrogen-bond acceptors (Lipinski definition) is 3. The van der Waals surface area contributed by atoms with E-state index in [1.165, 1.54) is 11.3 Å². The number of Topliss-reactive ketones (excluding diaryl/α,β-unsaturated/α-hetero) is 2. The highest BCUT2D eigenvalue weighted by molar-refractivity contribution is 7.12. The van der Waals surface area contributed by atoms with Gasteiger partial charge in [-0.3, -0.25) is 9.59 Å². The zero-order valence-electron chi connectivity index (χ0n) is 10.4. The van der Waals surface area contributed by atoms with Crippen LogP contribution in [0.2, 0.25) is 0 Å². The van der Waals surface area contributed by atoms with E-state index in [1.807, 2.05) is 24.4 Å². The summed E-state index contributed by atoms with van der Waals surface area (Å²) in [6.07, 6.45) is 6.02. The van der Waals surface area contributed by atoms with Crippen molar-refractivity contribution in [3.8, 4) is 0 Å². The lowest BCUT2D eigenvalue weighted by molar-refractivity contribution is -0.118. The van der Waals surface area contributed by atoms with Crippen molar-refractivity contribution in [3.63, 3.8) is 0 Å². The van der Waals surface area contributed by atoms with Crippen LogP contribution in [0.15, 0.2) is 17.5 Å². The minimum atomic E-state index is 0.254. The average molecular weight is 252 g/mol. The number of unbranched alkanes of at least 4 members (excludes halogenated alkanes) is 3. The van der Waals surface area contributed by atoms with Gasteiger partial charge in [-0.15, -0.1) is 11.3 Å². The maximum absolute atomic E-state index is 11.6. The zero-order chi connectivity index (χ0) is 12.5. The molecule has 0 aliphatic carbocycles. The van der Waals surface area contributed by atoms with Crippen molar-refractivity contribution in [2.24, 2.45) is 0 Å². The second-order valence-electron chi connectivity index (χ2n) is 4.21. The Morgan fingerprint density at radius 2 is 1.82 bits per heavy atom. The monoisotopic (exact) mass is 252 g/mol. The predicted octanol–water partition coefficient (Wildman–Crippen LogP) is 4.25. The molecule has 1 aromatic heterocycles. The molecule has 0 aliphatic rings. The molecule has 0 spiro atoms. The average Bonchev–Trinajstić information content (AvgIpc) is 2.86. The molecule has 0 saturated heterocycles. The van der Waals surface area contributed by atoms with Crippen molar-refractivity contribution in [3.05, 3.63) is 22.4 Å². The smallest absolute Gasteiger partial charge is 0.172 e. The van der Waals surface area contributed by atoms with Crippen LogP contribution < -0.4 is 0 Å². The molecular weight excluding hydrogens is 232 g/mol. The van der Waals surface area contributed by atoms with Crippen LogP contribution in [0.1, 0.15) is 61.5 Å². The molecule has 1 aromatic rings. The van der Waals surface area contributed by atoms with Crippen LogP contribution in [0.25, 0.3) is 0 Å². The van der Waals surface area contributed by atoms with Crippen LogP contribution >= 0.6 is 11.3 Å². The van der Waals surface area contributed by atoms with Crippen molar-refractivity contribution >= 4 is 22.9 Å². The van der Waals surface area contributed by atoms with Gasteiger partial charge in [-0.2, -0.15) is 0 Å². The van der Waals surface area contributed by atoms with Crippen molar-refractivity contribution in [1.82, 2.24) is 0 Å². The molecule has 0 N–H and O–H groups in total. The Labute approximate surface area is 107 Å². The van der Waals surface area contributed by atoms with E-state index in [2.05, 4.69) is 0 Å². The fourth-order valence-electron chi connectivity index (χ4n) is 1.70. The Morgan fingerprint density at radius 1 is 1.12 bits per heavy atom. The lowest BCUT2D eigenvalue weighted by Crippen LogP contribution is -1.96. The summed E-state index contributed by atoms with van der Waals surface area (Å²) in [4.78, 5) is 23.6. The first-order valence-electron chi connectivity index (χ1n) is 6.32. The van der Waals surface area contributed by atoms with E-state index < -0.39 is 0 Å². The van der Waals surface area contributed by atoms with Gasteiger partial charge in [0.2, 0.25) is 0 Å². The standard InChI is InChI=1S/C14H20O2S/c1-2-12(15)8-5-3-4-6-9-13(16)14-10-7-11-17-14/h7,10-11H,2-6,8-9H2,1H3. The first kappa shape index (κ1) is 14.1. The van der Waals surface area contributed by atoms with Gasteiger partial charge in [0.05, 0.1) is 4.88 Å². The molecule has 1 heterocycles. The van der Waals surface area contributed by atoms with Crippen molar-refractivity contribution in [2.45, 2.75) is 51.9 Å². The Kier molecular flexibility index (Phi) is 6.78. The van der Waals surface area contributed by atoms with Gasteiger partial charge in [-0.25, -0.2) is 0 Å². The lowest BCUT2D eigenvalue weighted by Gasteiger charge is -2.00. The molecule has 0 bridgehead atoms. The molecule has 1 rings (SSSR count). The topological polar surface area (TPSA) is 34.1 Å². The molecule has 0 amide bonds. The highest BCUT2D eigenvalue weighted by Gasteiger charge is 2.05. The van der Waals surface area contributed by atoms with Crippen LogP contribution in [0, 0.1) is 0 Å². The molecule has 0 unspecified atom stereocenters. The summed E-state index contributed by atoms with van der Waals surface area (Å²) in [5.41, 5.74) is 0. The molecule has 94 valence electrons. The maximum Gasteiger partial charge on any atom is 0.172 e. The first-order valence-corrected chi connectivity index (χ1v) is 7.20.